The van der Waals surface area contributed by atoms with E-state index >= 15 is 0 Å². The van der Waals surface area contributed by atoms with E-state index in [-0.39, 0.29) is 11.4 Å². The van der Waals surface area contributed by atoms with Gasteiger partial charge in [-0.25, -0.2) is 4.99 Å². The average molecular weight is 134 g/mol. The van der Waals surface area contributed by atoms with Gasteiger partial charge in [0.25, 0.3) is 0 Å². The lowest BCUT2D eigenvalue weighted by Gasteiger charge is -1.86. The van der Waals surface area contributed by atoms with E-state index in [0.717, 1.165) is 0 Å². The lowest BCUT2D eigenvalue weighted by atomic mass is 10.4. The SMILES string of the molecule is CC=N/C(C#N)=C(\N)C#N. The van der Waals surface area contributed by atoms with Crippen LogP contribution in [-0.4, -0.2) is 6.21 Å². The van der Waals surface area contributed by atoms with Gasteiger partial charge in [-0.1, -0.05) is 0 Å². The van der Waals surface area contributed by atoms with Gasteiger partial charge in [0, 0.05) is 6.21 Å². The van der Waals surface area contributed by atoms with Crippen LogP contribution < -0.4 is 5.73 Å². The fourth-order valence-corrected chi connectivity index (χ4v) is 0.341. The summed E-state index contributed by atoms with van der Waals surface area (Å²) in [6.45, 7) is 1.64. The highest BCUT2D eigenvalue weighted by atomic mass is 14.8. The zero-order valence-corrected chi connectivity index (χ0v) is 5.50. The summed E-state index contributed by atoms with van der Waals surface area (Å²) in [6, 6.07) is 3.31. The van der Waals surface area contributed by atoms with Crippen molar-refractivity contribution in [1.82, 2.24) is 0 Å². The minimum atomic E-state index is -0.152. The molecule has 0 aromatic carbocycles. The molecular weight excluding hydrogens is 128 g/mol. The van der Waals surface area contributed by atoms with Gasteiger partial charge in [-0.05, 0) is 6.92 Å². The van der Waals surface area contributed by atoms with Crippen LogP contribution in [0.15, 0.2) is 16.4 Å². The summed E-state index contributed by atoms with van der Waals surface area (Å²) in [5.74, 6) is 0. The number of allylic oxidation sites excluding steroid dienone is 2. The number of aliphatic imine (C=N–C) groups is 1. The first-order valence-corrected chi connectivity index (χ1v) is 2.55. The molecule has 4 nitrogen and oxygen atoms in total. The second-order valence-corrected chi connectivity index (χ2v) is 1.37. The van der Waals surface area contributed by atoms with E-state index in [1.54, 1.807) is 19.1 Å². The molecule has 0 radical (unpaired) electrons. The van der Waals surface area contributed by atoms with Gasteiger partial charge in [0.2, 0.25) is 0 Å². The molecule has 0 bridgehead atoms. The summed E-state index contributed by atoms with van der Waals surface area (Å²) in [4.78, 5) is 3.56. The van der Waals surface area contributed by atoms with Gasteiger partial charge in [0.15, 0.2) is 5.70 Å². The number of hydrogen-bond acceptors (Lipinski definition) is 4. The quantitative estimate of drug-likeness (QED) is 0.413. The molecule has 0 spiro atoms. The molecule has 0 saturated carbocycles. The largest absolute Gasteiger partial charge is 0.388 e. The number of nitrogens with zero attached hydrogens (tertiary/aromatic N) is 3. The summed E-state index contributed by atoms with van der Waals surface area (Å²) in [6.07, 6.45) is 1.41. The standard InChI is InChI=1S/C6H6N4/c1-2-10-6(4-8)5(9)3-7/h2H,9H2,1H3/b6-5-,10-2?. The first-order chi connectivity index (χ1) is 4.76. The predicted molar refractivity (Wildman–Crippen MR) is 36.6 cm³/mol. The molecule has 2 N–H and O–H groups in total. The number of hydrogen-bond donors (Lipinski definition) is 1. The minimum absolute atomic E-state index is 0.0370. The second-order valence-electron chi connectivity index (χ2n) is 1.37. The first kappa shape index (κ1) is 8.19. The molecular formula is C6H6N4. The minimum Gasteiger partial charge on any atom is -0.388 e. The van der Waals surface area contributed by atoms with Gasteiger partial charge in [0.1, 0.15) is 17.8 Å². The molecule has 0 atom stereocenters. The van der Waals surface area contributed by atoms with Crippen molar-refractivity contribution in [3.63, 3.8) is 0 Å². The summed E-state index contributed by atoms with van der Waals surface area (Å²) >= 11 is 0. The van der Waals surface area contributed by atoms with Crippen molar-refractivity contribution in [3.8, 4) is 12.1 Å². The van der Waals surface area contributed by atoms with Gasteiger partial charge < -0.3 is 5.73 Å². The van der Waals surface area contributed by atoms with Crippen LogP contribution in [0, 0.1) is 22.7 Å². The summed E-state index contributed by atoms with van der Waals surface area (Å²) in [5.41, 5.74) is 4.91. The Bertz CT molecular complexity index is 248. The van der Waals surface area contributed by atoms with E-state index < -0.39 is 0 Å². The molecule has 0 amide bonds. The lowest BCUT2D eigenvalue weighted by Crippen LogP contribution is -1.96. The molecule has 0 saturated heterocycles. The molecule has 0 rings (SSSR count). The van der Waals surface area contributed by atoms with Gasteiger partial charge in [-0.15, -0.1) is 0 Å². The van der Waals surface area contributed by atoms with Gasteiger partial charge in [-0.3, -0.25) is 0 Å². The van der Waals surface area contributed by atoms with Crippen molar-refractivity contribution in [2.75, 3.05) is 0 Å². The van der Waals surface area contributed by atoms with Crippen LogP contribution in [0.25, 0.3) is 0 Å². The normalized spacial score (nSPS) is 11.9. The van der Waals surface area contributed by atoms with Crippen molar-refractivity contribution in [1.29, 1.82) is 10.5 Å². The van der Waals surface area contributed by atoms with Gasteiger partial charge in [-0.2, -0.15) is 10.5 Å². The molecule has 0 aliphatic rings. The monoisotopic (exact) mass is 134 g/mol. The molecule has 4 heteroatoms. The maximum absolute atomic E-state index is 8.31. The van der Waals surface area contributed by atoms with Crippen LogP contribution in [0.5, 0.6) is 0 Å². The Kier molecular flexibility index (Phi) is 3.36. The molecule has 0 aliphatic carbocycles. The number of nitrogens with two attached hydrogens (primary N) is 1. The van der Waals surface area contributed by atoms with Crippen LogP contribution in [-0.2, 0) is 0 Å². The highest BCUT2D eigenvalue weighted by Gasteiger charge is 1.96. The zero-order valence-electron chi connectivity index (χ0n) is 5.50. The Morgan fingerprint density at radius 1 is 1.50 bits per heavy atom. The Morgan fingerprint density at radius 3 is 2.40 bits per heavy atom. The molecule has 0 unspecified atom stereocenters. The number of rotatable bonds is 1. The summed E-state index contributed by atoms with van der Waals surface area (Å²) in [5, 5.41) is 16.5. The highest BCUT2D eigenvalue weighted by molar-refractivity contribution is 5.57. The van der Waals surface area contributed by atoms with Crippen molar-refractivity contribution in [2.24, 2.45) is 10.7 Å². The van der Waals surface area contributed by atoms with E-state index in [1.807, 2.05) is 0 Å². The van der Waals surface area contributed by atoms with Gasteiger partial charge >= 0.3 is 0 Å². The van der Waals surface area contributed by atoms with Crippen molar-refractivity contribution in [2.45, 2.75) is 6.92 Å². The van der Waals surface area contributed by atoms with E-state index in [4.69, 9.17) is 16.3 Å². The van der Waals surface area contributed by atoms with E-state index in [9.17, 15) is 0 Å². The third-order valence-corrected chi connectivity index (χ3v) is 0.740. The topological polar surface area (TPSA) is 86.0 Å². The van der Waals surface area contributed by atoms with Crippen LogP contribution in [0.2, 0.25) is 0 Å². The molecule has 0 aromatic rings. The van der Waals surface area contributed by atoms with Gasteiger partial charge in [0.05, 0.1) is 0 Å². The van der Waals surface area contributed by atoms with Crippen molar-refractivity contribution in [3.05, 3.63) is 11.4 Å². The van der Waals surface area contributed by atoms with E-state index in [2.05, 4.69) is 4.99 Å². The first-order valence-electron chi connectivity index (χ1n) is 2.55. The molecule has 0 aromatic heterocycles. The Balaban J connectivity index is 4.72. The van der Waals surface area contributed by atoms with Crippen LogP contribution in [0.4, 0.5) is 0 Å². The van der Waals surface area contributed by atoms with Crippen molar-refractivity contribution >= 4 is 6.21 Å². The van der Waals surface area contributed by atoms with Crippen molar-refractivity contribution < 1.29 is 0 Å². The highest BCUT2D eigenvalue weighted by Crippen LogP contribution is 1.96. The predicted octanol–water partition coefficient (Wildman–Crippen LogP) is 0.295. The second kappa shape index (κ2) is 4.11. The molecule has 0 aliphatic heterocycles. The summed E-state index contributed by atoms with van der Waals surface area (Å²) < 4.78 is 0. The van der Waals surface area contributed by atoms with Crippen LogP contribution in [0.1, 0.15) is 6.92 Å². The maximum atomic E-state index is 8.31. The van der Waals surface area contributed by atoms with Crippen LogP contribution in [0.3, 0.4) is 0 Å². The van der Waals surface area contributed by atoms with E-state index in [1.165, 1.54) is 6.21 Å². The molecule has 50 valence electrons. The Morgan fingerprint density at radius 2 is 2.10 bits per heavy atom. The summed E-state index contributed by atoms with van der Waals surface area (Å²) in [7, 11) is 0. The Labute approximate surface area is 58.9 Å². The average Bonchev–Trinajstić information content (AvgIpc) is 1.99. The number of nitriles is 2. The third-order valence-electron chi connectivity index (χ3n) is 0.740. The zero-order chi connectivity index (χ0) is 7.98. The Hall–Kier alpha value is -1.81. The van der Waals surface area contributed by atoms with E-state index in [0.29, 0.717) is 0 Å². The fraction of sp³-hybridized carbons (Fsp3) is 0.167. The molecule has 0 fully saturated rings. The lowest BCUT2D eigenvalue weighted by molar-refractivity contribution is 1.27. The smallest absolute Gasteiger partial charge is 0.173 e. The molecule has 0 heterocycles. The molecule has 10 heavy (non-hydrogen) atoms. The fourth-order valence-electron chi connectivity index (χ4n) is 0.341. The third kappa shape index (κ3) is 1.97. The van der Waals surface area contributed by atoms with Crippen LogP contribution >= 0.6 is 0 Å². The maximum Gasteiger partial charge on any atom is 0.173 e.